The van der Waals surface area contributed by atoms with Crippen LogP contribution in [0.3, 0.4) is 0 Å². The number of carbonyl (C=O) groups is 2. The lowest BCUT2D eigenvalue weighted by atomic mass is 10.1. The zero-order chi connectivity index (χ0) is 21.3. The second-order valence-electron chi connectivity index (χ2n) is 6.71. The number of benzene rings is 2. The van der Waals surface area contributed by atoms with Gasteiger partial charge in [0.15, 0.2) is 11.9 Å². The van der Waals surface area contributed by atoms with Crippen LogP contribution < -0.4 is 5.32 Å². The summed E-state index contributed by atoms with van der Waals surface area (Å²) in [5.41, 5.74) is 1.71. The average Bonchev–Trinajstić information content (AvgIpc) is 3.20. The Morgan fingerprint density at radius 2 is 1.67 bits per heavy atom. The van der Waals surface area contributed by atoms with E-state index in [2.05, 4.69) is 15.5 Å². The van der Waals surface area contributed by atoms with Gasteiger partial charge in [0.05, 0.1) is 0 Å². The molecule has 2 aromatic carbocycles. The average molecular weight is 409 g/mol. The maximum absolute atomic E-state index is 12.8. The minimum Gasteiger partial charge on any atom is -0.451 e. The third kappa shape index (κ3) is 6.16. The Hall–Kier alpha value is -3.68. The summed E-state index contributed by atoms with van der Waals surface area (Å²) in [4.78, 5) is 29.1. The predicted octanol–water partition coefficient (Wildman–Crippen LogP) is 3.52. The summed E-state index contributed by atoms with van der Waals surface area (Å²) in [7, 11) is 0. The molecule has 0 radical (unpaired) electrons. The summed E-state index contributed by atoms with van der Waals surface area (Å²) in [6.07, 6.45) is -1.22. The molecule has 2 atom stereocenters. The zero-order valence-electron chi connectivity index (χ0n) is 16.8. The summed E-state index contributed by atoms with van der Waals surface area (Å²) < 4.78 is 15.7. The van der Waals surface area contributed by atoms with Gasteiger partial charge in [-0.15, -0.1) is 0 Å². The molecule has 30 heavy (non-hydrogen) atoms. The molecular formula is C22H23N3O5. The van der Waals surface area contributed by atoms with E-state index in [0.717, 1.165) is 11.1 Å². The molecule has 0 spiro atoms. The Labute approximate surface area is 174 Å². The monoisotopic (exact) mass is 409 g/mol. The minimum absolute atomic E-state index is 0.0947. The van der Waals surface area contributed by atoms with Gasteiger partial charge in [0.25, 0.3) is 5.89 Å². The van der Waals surface area contributed by atoms with Crippen molar-refractivity contribution in [3.8, 4) is 0 Å². The molecular weight excluding hydrogens is 386 g/mol. The Morgan fingerprint density at radius 1 is 1.03 bits per heavy atom. The molecule has 156 valence electrons. The first-order valence-corrected chi connectivity index (χ1v) is 9.53. The maximum Gasteiger partial charge on any atom is 0.408 e. The molecule has 0 fully saturated rings. The zero-order valence-corrected chi connectivity index (χ0v) is 16.8. The van der Waals surface area contributed by atoms with Crippen molar-refractivity contribution in [1.82, 2.24) is 15.5 Å². The second-order valence-corrected chi connectivity index (χ2v) is 6.71. The van der Waals surface area contributed by atoms with Gasteiger partial charge in [0.1, 0.15) is 12.6 Å². The van der Waals surface area contributed by atoms with E-state index in [1.54, 1.807) is 13.8 Å². The van der Waals surface area contributed by atoms with E-state index in [0.29, 0.717) is 5.82 Å². The van der Waals surface area contributed by atoms with Crippen molar-refractivity contribution < 1.29 is 23.6 Å². The van der Waals surface area contributed by atoms with E-state index in [1.807, 2.05) is 60.7 Å². The standard InChI is InChI=1S/C22H23N3O5/c1-15(20-23-16(2)25-30-20)29-21(26)19(13-17-9-5-3-6-10-17)24-22(27)28-14-18-11-7-4-8-12-18/h3-12,15,19H,13-14H2,1-2H3,(H,24,27)/t15?,19-/m0/s1. The van der Waals surface area contributed by atoms with Crippen LogP contribution in [0.5, 0.6) is 0 Å². The molecule has 1 amide bonds. The number of aromatic nitrogens is 2. The van der Waals surface area contributed by atoms with Crippen LogP contribution in [0.4, 0.5) is 4.79 Å². The summed E-state index contributed by atoms with van der Waals surface area (Å²) in [5, 5.41) is 6.29. The summed E-state index contributed by atoms with van der Waals surface area (Å²) >= 11 is 0. The van der Waals surface area contributed by atoms with Crippen LogP contribution in [0.15, 0.2) is 65.2 Å². The van der Waals surface area contributed by atoms with Gasteiger partial charge in [-0.25, -0.2) is 9.59 Å². The largest absolute Gasteiger partial charge is 0.451 e. The van der Waals surface area contributed by atoms with Crippen molar-refractivity contribution in [3.63, 3.8) is 0 Å². The normalized spacial score (nSPS) is 12.6. The van der Waals surface area contributed by atoms with Crippen LogP contribution >= 0.6 is 0 Å². The van der Waals surface area contributed by atoms with Crippen molar-refractivity contribution in [2.24, 2.45) is 0 Å². The van der Waals surface area contributed by atoms with Gasteiger partial charge in [0.2, 0.25) is 0 Å². The number of esters is 1. The molecule has 1 heterocycles. The van der Waals surface area contributed by atoms with E-state index in [1.165, 1.54) is 0 Å². The highest BCUT2D eigenvalue weighted by Crippen LogP contribution is 2.16. The number of nitrogens with one attached hydrogen (secondary N) is 1. The lowest BCUT2D eigenvalue weighted by Crippen LogP contribution is -2.43. The Kier molecular flexibility index (Phi) is 7.15. The minimum atomic E-state index is -0.942. The first kappa shape index (κ1) is 21.0. The van der Waals surface area contributed by atoms with Crippen molar-refractivity contribution in [2.75, 3.05) is 0 Å². The quantitative estimate of drug-likeness (QED) is 0.568. The number of amides is 1. The number of ether oxygens (including phenoxy) is 2. The van der Waals surface area contributed by atoms with Gasteiger partial charge in [-0.05, 0) is 25.0 Å². The number of hydrogen-bond acceptors (Lipinski definition) is 7. The van der Waals surface area contributed by atoms with Gasteiger partial charge >= 0.3 is 12.1 Å². The number of nitrogens with zero attached hydrogens (tertiary/aromatic N) is 2. The lowest BCUT2D eigenvalue weighted by molar-refractivity contribution is -0.152. The molecule has 0 aliphatic heterocycles. The van der Waals surface area contributed by atoms with Gasteiger partial charge < -0.3 is 19.3 Å². The fourth-order valence-corrected chi connectivity index (χ4v) is 2.74. The third-order valence-corrected chi connectivity index (χ3v) is 4.26. The maximum atomic E-state index is 12.8. The number of rotatable bonds is 8. The number of carbonyl (C=O) groups excluding carboxylic acids is 2. The fraction of sp³-hybridized carbons (Fsp3) is 0.273. The lowest BCUT2D eigenvalue weighted by Gasteiger charge is -2.19. The second kappa shape index (κ2) is 10.2. The van der Waals surface area contributed by atoms with Crippen molar-refractivity contribution >= 4 is 12.1 Å². The van der Waals surface area contributed by atoms with Crippen LogP contribution in [0, 0.1) is 6.92 Å². The summed E-state index contributed by atoms with van der Waals surface area (Å²) in [6.45, 7) is 3.39. The highest BCUT2D eigenvalue weighted by atomic mass is 16.6. The van der Waals surface area contributed by atoms with E-state index in [-0.39, 0.29) is 18.9 Å². The van der Waals surface area contributed by atoms with E-state index < -0.39 is 24.2 Å². The van der Waals surface area contributed by atoms with Gasteiger partial charge in [0, 0.05) is 6.42 Å². The summed E-state index contributed by atoms with van der Waals surface area (Å²) in [5.74, 6) is 0.00109. The first-order valence-electron chi connectivity index (χ1n) is 9.53. The molecule has 8 nitrogen and oxygen atoms in total. The molecule has 1 N–H and O–H groups in total. The van der Waals surface area contributed by atoms with Gasteiger partial charge in [-0.2, -0.15) is 4.98 Å². The molecule has 0 saturated heterocycles. The highest BCUT2D eigenvalue weighted by molar-refractivity contribution is 5.81. The molecule has 0 saturated carbocycles. The van der Waals surface area contributed by atoms with E-state index in [9.17, 15) is 9.59 Å². The SMILES string of the molecule is Cc1noc(C(C)OC(=O)[C@H](Cc2ccccc2)NC(=O)OCc2ccccc2)n1. The third-order valence-electron chi connectivity index (χ3n) is 4.26. The molecule has 1 unspecified atom stereocenters. The first-order chi connectivity index (χ1) is 14.5. The Morgan fingerprint density at radius 3 is 2.27 bits per heavy atom. The van der Waals surface area contributed by atoms with Crippen molar-refractivity contribution in [3.05, 3.63) is 83.5 Å². The smallest absolute Gasteiger partial charge is 0.408 e. The topological polar surface area (TPSA) is 104 Å². The fourth-order valence-electron chi connectivity index (χ4n) is 2.74. The van der Waals surface area contributed by atoms with E-state index in [4.69, 9.17) is 14.0 Å². The molecule has 0 bridgehead atoms. The van der Waals surface area contributed by atoms with E-state index >= 15 is 0 Å². The number of hydrogen-bond donors (Lipinski definition) is 1. The molecule has 1 aromatic heterocycles. The van der Waals surface area contributed by atoms with Crippen LogP contribution in [-0.2, 0) is 27.3 Å². The Balaban J connectivity index is 1.64. The van der Waals surface area contributed by atoms with Crippen LogP contribution in [-0.4, -0.2) is 28.2 Å². The van der Waals surface area contributed by atoms with Crippen molar-refractivity contribution in [2.45, 2.75) is 39.0 Å². The molecule has 0 aliphatic carbocycles. The molecule has 3 rings (SSSR count). The van der Waals surface area contributed by atoms with Crippen molar-refractivity contribution in [1.29, 1.82) is 0 Å². The number of alkyl carbamates (subject to hydrolysis) is 1. The van der Waals surface area contributed by atoms with Crippen LogP contribution in [0.1, 0.15) is 35.9 Å². The van der Waals surface area contributed by atoms with Gasteiger partial charge in [-0.1, -0.05) is 65.8 Å². The van der Waals surface area contributed by atoms with Gasteiger partial charge in [-0.3, -0.25) is 0 Å². The highest BCUT2D eigenvalue weighted by Gasteiger charge is 2.27. The van der Waals surface area contributed by atoms with Crippen LogP contribution in [0.25, 0.3) is 0 Å². The molecule has 3 aromatic rings. The predicted molar refractivity (Wildman–Crippen MR) is 107 cm³/mol. The van der Waals surface area contributed by atoms with Crippen LogP contribution in [0.2, 0.25) is 0 Å². The Bertz CT molecular complexity index is 959. The molecule has 8 heteroatoms. The number of aryl methyl sites for hydroxylation is 1. The molecule has 0 aliphatic rings. The summed E-state index contributed by atoms with van der Waals surface area (Å²) in [6, 6.07) is 17.6.